The van der Waals surface area contributed by atoms with Crippen LogP contribution in [0.3, 0.4) is 0 Å². The van der Waals surface area contributed by atoms with Crippen molar-refractivity contribution in [3.8, 4) is 0 Å². The van der Waals surface area contributed by atoms with Crippen LogP contribution in [0.15, 0.2) is 0 Å². The van der Waals surface area contributed by atoms with E-state index in [0.29, 0.717) is 11.7 Å². The third-order valence-corrected chi connectivity index (χ3v) is 3.74. The van der Waals surface area contributed by atoms with E-state index < -0.39 is 0 Å². The molecule has 0 radical (unpaired) electrons. The molecule has 1 heterocycles. The van der Waals surface area contributed by atoms with Crippen LogP contribution in [-0.2, 0) is 4.79 Å². The van der Waals surface area contributed by atoms with Crippen molar-refractivity contribution in [3.05, 3.63) is 0 Å². The summed E-state index contributed by atoms with van der Waals surface area (Å²) in [5.74, 6) is 3.20. The van der Waals surface area contributed by atoms with Gasteiger partial charge >= 0.3 is 0 Å². The predicted molar refractivity (Wildman–Crippen MR) is 62.8 cm³/mol. The van der Waals surface area contributed by atoms with Crippen LogP contribution >= 0.6 is 11.8 Å². The molecule has 0 aromatic heterocycles. The van der Waals surface area contributed by atoms with Crippen LogP contribution in [0.5, 0.6) is 0 Å². The summed E-state index contributed by atoms with van der Waals surface area (Å²) in [4.78, 5) is 13.9. The number of piperidine rings is 1. The number of carbonyl (C=O) groups is 1. The lowest BCUT2D eigenvalue weighted by Crippen LogP contribution is -2.41. The molecule has 1 rings (SSSR count). The second-order valence-corrected chi connectivity index (χ2v) is 5.21. The van der Waals surface area contributed by atoms with Crippen molar-refractivity contribution >= 4 is 17.5 Å². The molecule has 1 atom stereocenters. The molecular weight excluding hydrogens is 194 g/mol. The fourth-order valence-corrected chi connectivity index (χ4v) is 2.55. The van der Waals surface area contributed by atoms with E-state index in [0.717, 1.165) is 32.5 Å². The molecule has 0 aromatic rings. The molecule has 0 spiro atoms. The van der Waals surface area contributed by atoms with E-state index in [-0.39, 0.29) is 0 Å². The van der Waals surface area contributed by atoms with Gasteiger partial charge in [0.1, 0.15) is 5.78 Å². The summed E-state index contributed by atoms with van der Waals surface area (Å²) < 4.78 is 0. The Morgan fingerprint density at radius 2 is 2.29 bits per heavy atom. The first-order valence-electron chi connectivity index (χ1n) is 5.60. The number of hydrogen-bond donors (Lipinski definition) is 0. The lowest BCUT2D eigenvalue weighted by Gasteiger charge is -2.31. The summed E-state index contributed by atoms with van der Waals surface area (Å²) in [5.41, 5.74) is 0. The third kappa shape index (κ3) is 3.62. The van der Waals surface area contributed by atoms with E-state index in [1.54, 1.807) is 0 Å². The smallest absolute Gasteiger partial charge is 0.138 e. The fraction of sp³-hybridized carbons (Fsp3) is 0.909. The van der Waals surface area contributed by atoms with Gasteiger partial charge in [-0.25, -0.2) is 0 Å². The van der Waals surface area contributed by atoms with Crippen molar-refractivity contribution in [2.75, 3.05) is 31.1 Å². The summed E-state index contributed by atoms with van der Waals surface area (Å²) in [5, 5.41) is 0. The molecule has 0 saturated carbocycles. The van der Waals surface area contributed by atoms with Gasteiger partial charge in [0.15, 0.2) is 0 Å². The Bertz CT molecular complexity index is 184. The molecular formula is C11H21NOS. The van der Waals surface area contributed by atoms with E-state index in [2.05, 4.69) is 18.7 Å². The van der Waals surface area contributed by atoms with Gasteiger partial charge in [-0.1, -0.05) is 13.8 Å². The molecule has 1 aliphatic heterocycles. The van der Waals surface area contributed by atoms with Gasteiger partial charge in [-0.05, 0) is 12.2 Å². The van der Waals surface area contributed by atoms with Crippen LogP contribution in [0.1, 0.15) is 26.7 Å². The molecule has 3 heteroatoms. The van der Waals surface area contributed by atoms with Crippen molar-refractivity contribution in [3.63, 3.8) is 0 Å². The minimum Gasteiger partial charge on any atom is -0.301 e. The van der Waals surface area contributed by atoms with Crippen LogP contribution in [0.2, 0.25) is 0 Å². The van der Waals surface area contributed by atoms with Gasteiger partial charge in [0, 0.05) is 37.7 Å². The van der Waals surface area contributed by atoms with E-state index in [1.165, 1.54) is 11.5 Å². The number of hydrogen-bond acceptors (Lipinski definition) is 3. The Balaban J connectivity index is 2.24. The number of carbonyl (C=O) groups excluding carboxylic acids is 1. The quantitative estimate of drug-likeness (QED) is 0.655. The normalized spacial score (nSPS) is 24.1. The number of nitrogens with zero attached hydrogens (tertiary/aromatic N) is 1. The van der Waals surface area contributed by atoms with Crippen LogP contribution in [0.25, 0.3) is 0 Å². The summed E-state index contributed by atoms with van der Waals surface area (Å²) in [6, 6.07) is 0. The second-order valence-electron chi connectivity index (χ2n) is 3.82. The van der Waals surface area contributed by atoms with E-state index in [4.69, 9.17) is 0 Å². The van der Waals surface area contributed by atoms with Gasteiger partial charge < -0.3 is 4.90 Å². The van der Waals surface area contributed by atoms with Gasteiger partial charge in [-0.2, -0.15) is 11.8 Å². The Hall–Kier alpha value is -0.0200. The Labute approximate surface area is 91.4 Å². The fourth-order valence-electron chi connectivity index (χ4n) is 1.88. The van der Waals surface area contributed by atoms with Crippen molar-refractivity contribution in [2.24, 2.45) is 5.92 Å². The highest BCUT2D eigenvalue weighted by Gasteiger charge is 2.24. The molecule has 0 N–H and O–H groups in total. The van der Waals surface area contributed by atoms with Gasteiger partial charge in [0.25, 0.3) is 0 Å². The predicted octanol–water partition coefficient (Wildman–Crippen LogP) is 2.04. The highest BCUT2D eigenvalue weighted by molar-refractivity contribution is 7.99. The van der Waals surface area contributed by atoms with Crippen molar-refractivity contribution in [1.29, 1.82) is 0 Å². The maximum atomic E-state index is 11.5. The van der Waals surface area contributed by atoms with E-state index >= 15 is 0 Å². The number of Topliss-reactive ketones (excluding diaryl/α,β-unsaturated/α-hetero) is 1. The first kappa shape index (κ1) is 12.1. The molecule has 1 saturated heterocycles. The maximum Gasteiger partial charge on any atom is 0.138 e. The Morgan fingerprint density at radius 1 is 1.50 bits per heavy atom. The molecule has 2 nitrogen and oxygen atoms in total. The topological polar surface area (TPSA) is 20.3 Å². The minimum absolute atomic E-state index is 0.315. The first-order chi connectivity index (χ1) is 6.77. The Morgan fingerprint density at radius 3 is 2.93 bits per heavy atom. The molecule has 0 bridgehead atoms. The average molecular weight is 215 g/mol. The summed E-state index contributed by atoms with van der Waals surface area (Å²) >= 11 is 1.98. The minimum atomic E-state index is 0.315. The van der Waals surface area contributed by atoms with E-state index in [9.17, 15) is 4.79 Å². The largest absolute Gasteiger partial charge is 0.301 e. The third-order valence-electron chi connectivity index (χ3n) is 2.86. The maximum absolute atomic E-state index is 11.5. The van der Waals surface area contributed by atoms with Crippen molar-refractivity contribution in [1.82, 2.24) is 4.90 Å². The van der Waals surface area contributed by atoms with Gasteiger partial charge in [-0.3, -0.25) is 4.79 Å². The van der Waals surface area contributed by atoms with Crippen LogP contribution < -0.4 is 0 Å². The van der Waals surface area contributed by atoms with Gasteiger partial charge in [-0.15, -0.1) is 0 Å². The lowest BCUT2D eigenvalue weighted by molar-refractivity contribution is -0.126. The standard InChI is InChI=1S/C11H21NOS/c1-3-10-9-12(6-5-11(10)13)7-8-14-4-2/h10H,3-9H2,1-2H3. The Kier molecular flexibility index (Phi) is 5.56. The highest BCUT2D eigenvalue weighted by Crippen LogP contribution is 2.16. The molecule has 0 aromatic carbocycles. The second kappa shape index (κ2) is 6.46. The summed E-state index contributed by atoms with van der Waals surface area (Å²) in [6.45, 7) is 7.45. The zero-order valence-corrected chi connectivity index (χ0v) is 10.1. The number of likely N-dealkylation sites (tertiary alicyclic amines) is 1. The molecule has 1 fully saturated rings. The van der Waals surface area contributed by atoms with Crippen LogP contribution in [-0.4, -0.2) is 41.8 Å². The van der Waals surface area contributed by atoms with Crippen LogP contribution in [0.4, 0.5) is 0 Å². The monoisotopic (exact) mass is 215 g/mol. The molecule has 1 aliphatic rings. The van der Waals surface area contributed by atoms with Crippen molar-refractivity contribution < 1.29 is 4.79 Å². The van der Waals surface area contributed by atoms with Crippen molar-refractivity contribution in [2.45, 2.75) is 26.7 Å². The van der Waals surface area contributed by atoms with Crippen LogP contribution in [0, 0.1) is 5.92 Å². The zero-order chi connectivity index (χ0) is 10.4. The highest BCUT2D eigenvalue weighted by atomic mass is 32.2. The molecule has 82 valence electrons. The van der Waals surface area contributed by atoms with Gasteiger partial charge in [0.05, 0.1) is 0 Å². The first-order valence-corrected chi connectivity index (χ1v) is 6.76. The lowest BCUT2D eigenvalue weighted by atomic mass is 9.94. The SMILES string of the molecule is CCSCCN1CCC(=O)C(CC)C1. The number of ketones is 1. The van der Waals surface area contributed by atoms with E-state index in [1.807, 2.05) is 11.8 Å². The van der Waals surface area contributed by atoms with Gasteiger partial charge in [0.2, 0.25) is 0 Å². The summed E-state index contributed by atoms with van der Waals surface area (Å²) in [7, 11) is 0. The zero-order valence-electron chi connectivity index (χ0n) is 9.29. The molecule has 14 heavy (non-hydrogen) atoms. The average Bonchev–Trinajstić information content (AvgIpc) is 2.21. The number of thioether (sulfide) groups is 1. The molecule has 0 amide bonds. The molecule has 0 aliphatic carbocycles. The molecule has 1 unspecified atom stereocenters. The summed E-state index contributed by atoms with van der Waals surface area (Å²) in [6.07, 6.45) is 1.78. The number of rotatable bonds is 5.